The van der Waals surface area contributed by atoms with Crippen LogP contribution in [0, 0.1) is 11.8 Å². The van der Waals surface area contributed by atoms with Gasteiger partial charge < -0.3 is 19.3 Å². The van der Waals surface area contributed by atoms with Crippen LogP contribution in [0.4, 0.5) is 0 Å². The molecule has 4 fully saturated rings. The number of rotatable bonds is 2. The summed E-state index contributed by atoms with van der Waals surface area (Å²) in [4.78, 5) is 29.9. The first-order valence-corrected chi connectivity index (χ1v) is 9.68. The molecule has 1 aromatic rings. The Labute approximate surface area is 153 Å². The van der Waals surface area contributed by atoms with Gasteiger partial charge >= 0.3 is 0 Å². The lowest BCUT2D eigenvalue weighted by atomic mass is 9.84. The second-order valence-electron chi connectivity index (χ2n) is 7.99. The molecule has 1 saturated carbocycles. The van der Waals surface area contributed by atoms with Crippen LogP contribution in [-0.2, 0) is 4.79 Å². The molecule has 1 aromatic carbocycles. The molecule has 0 aromatic heterocycles. The molecule has 6 rings (SSSR count). The summed E-state index contributed by atoms with van der Waals surface area (Å²) in [6, 6.07) is 5.51. The van der Waals surface area contributed by atoms with Gasteiger partial charge in [-0.1, -0.05) is 6.42 Å². The minimum Gasteiger partial charge on any atom is -0.454 e. The van der Waals surface area contributed by atoms with Crippen LogP contribution in [0.3, 0.4) is 0 Å². The van der Waals surface area contributed by atoms with E-state index in [1.54, 1.807) is 12.1 Å². The van der Waals surface area contributed by atoms with Gasteiger partial charge in [0.2, 0.25) is 12.7 Å². The van der Waals surface area contributed by atoms with E-state index in [0.29, 0.717) is 35.4 Å². The van der Waals surface area contributed by atoms with Crippen LogP contribution in [0.2, 0.25) is 0 Å². The van der Waals surface area contributed by atoms with Crippen molar-refractivity contribution in [2.24, 2.45) is 11.8 Å². The third-order valence-corrected chi connectivity index (χ3v) is 6.36. The van der Waals surface area contributed by atoms with Crippen LogP contribution in [0.5, 0.6) is 11.5 Å². The normalized spacial score (nSPS) is 27.2. The molecule has 5 aliphatic rings. The molecule has 3 saturated heterocycles. The number of hydrogen-bond donors (Lipinski definition) is 0. The van der Waals surface area contributed by atoms with Crippen molar-refractivity contribution in [2.75, 3.05) is 26.4 Å². The smallest absolute Gasteiger partial charge is 0.254 e. The fraction of sp³-hybridized carbons (Fsp3) is 0.600. The minimum atomic E-state index is 0.0379. The van der Waals surface area contributed by atoms with Gasteiger partial charge in [0.1, 0.15) is 0 Å². The van der Waals surface area contributed by atoms with Crippen LogP contribution < -0.4 is 9.47 Å². The maximum absolute atomic E-state index is 13.1. The highest BCUT2D eigenvalue weighted by molar-refractivity contribution is 5.95. The highest BCUT2D eigenvalue weighted by atomic mass is 16.7. The number of benzene rings is 1. The van der Waals surface area contributed by atoms with Crippen molar-refractivity contribution in [2.45, 2.75) is 38.1 Å². The molecule has 0 unspecified atom stereocenters. The predicted molar refractivity (Wildman–Crippen MR) is 94.0 cm³/mol. The van der Waals surface area contributed by atoms with E-state index in [-0.39, 0.29) is 24.7 Å². The van der Waals surface area contributed by atoms with E-state index in [9.17, 15) is 9.59 Å². The summed E-state index contributed by atoms with van der Waals surface area (Å²) < 4.78 is 10.7. The molecule has 0 radical (unpaired) electrons. The SMILES string of the molecule is O=C(C1CCC1)N1C[C@@H]2CC[C@H](C1)N(C(=O)c1ccc3c(c1)OCO3)C2. The first-order valence-electron chi connectivity index (χ1n) is 9.68. The fourth-order valence-electron chi connectivity index (χ4n) is 4.62. The molecule has 4 heterocycles. The zero-order valence-corrected chi connectivity index (χ0v) is 14.9. The topological polar surface area (TPSA) is 59.1 Å². The van der Waals surface area contributed by atoms with E-state index in [1.165, 1.54) is 6.42 Å². The predicted octanol–water partition coefficient (Wildman–Crippen LogP) is 2.28. The van der Waals surface area contributed by atoms with Gasteiger partial charge in [-0.3, -0.25) is 9.59 Å². The molecular weight excluding hydrogens is 332 g/mol. The molecule has 2 bridgehead atoms. The molecule has 6 heteroatoms. The van der Waals surface area contributed by atoms with Gasteiger partial charge in [-0.25, -0.2) is 0 Å². The second kappa shape index (κ2) is 6.18. The van der Waals surface area contributed by atoms with Crippen LogP contribution in [-0.4, -0.2) is 54.1 Å². The Balaban J connectivity index is 1.35. The largest absolute Gasteiger partial charge is 0.454 e. The van der Waals surface area contributed by atoms with E-state index >= 15 is 0 Å². The summed E-state index contributed by atoms with van der Waals surface area (Å²) in [7, 11) is 0. The number of ether oxygens (including phenoxy) is 2. The Kier molecular flexibility index (Phi) is 3.80. The van der Waals surface area contributed by atoms with E-state index < -0.39 is 0 Å². The average Bonchev–Trinajstić information content (AvgIpc) is 2.88. The highest BCUT2D eigenvalue weighted by Crippen LogP contribution is 2.36. The molecule has 0 N–H and O–H groups in total. The van der Waals surface area contributed by atoms with Gasteiger partial charge in [0.15, 0.2) is 11.5 Å². The van der Waals surface area contributed by atoms with Crippen LogP contribution in [0.25, 0.3) is 0 Å². The Morgan fingerprint density at radius 2 is 1.81 bits per heavy atom. The van der Waals surface area contributed by atoms with Crippen molar-refractivity contribution < 1.29 is 19.1 Å². The van der Waals surface area contributed by atoms with Crippen molar-refractivity contribution >= 4 is 11.8 Å². The molecule has 4 aliphatic heterocycles. The van der Waals surface area contributed by atoms with Gasteiger partial charge in [-0.2, -0.15) is 0 Å². The molecule has 0 spiro atoms. The van der Waals surface area contributed by atoms with Crippen molar-refractivity contribution in [3.8, 4) is 11.5 Å². The number of amides is 2. The van der Waals surface area contributed by atoms with Gasteiger partial charge in [0.25, 0.3) is 5.91 Å². The van der Waals surface area contributed by atoms with E-state index in [4.69, 9.17) is 9.47 Å². The lowest BCUT2D eigenvalue weighted by Gasteiger charge is -2.36. The molecule has 6 nitrogen and oxygen atoms in total. The van der Waals surface area contributed by atoms with Crippen LogP contribution >= 0.6 is 0 Å². The summed E-state index contributed by atoms with van der Waals surface area (Å²) in [6.07, 6.45) is 5.32. The lowest BCUT2D eigenvalue weighted by molar-refractivity contribution is -0.138. The Hall–Kier alpha value is -2.24. The number of fused-ring (bicyclic) bond motifs is 5. The van der Waals surface area contributed by atoms with E-state index in [1.807, 2.05) is 15.9 Å². The van der Waals surface area contributed by atoms with Gasteiger partial charge in [0, 0.05) is 37.2 Å². The van der Waals surface area contributed by atoms with Crippen molar-refractivity contribution in [1.29, 1.82) is 0 Å². The minimum absolute atomic E-state index is 0.0379. The summed E-state index contributed by atoms with van der Waals surface area (Å²) in [6.45, 7) is 2.44. The highest BCUT2D eigenvalue weighted by Gasteiger charge is 2.41. The molecule has 138 valence electrons. The molecule has 26 heavy (non-hydrogen) atoms. The van der Waals surface area contributed by atoms with Gasteiger partial charge in [-0.15, -0.1) is 0 Å². The number of piperidine rings is 1. The number of carbonyl (C=O) groups is 2. The third-order valence-electron chi connectivity index (χ3n) is 6.36. The Morgan fingerprint density at radius 1 is 0.962 bits per heavy atom. The molecule has 2 atom stereocenters. The van der Waals surface area contributed by atoms with Gasteiger partial charge in [0.05, 0.1) is 0 Å². The first kappa shape index (κ1) is 16.0. The monoisotopic (exact) mass is 356 g/mol. The fourth-order valence-corrected chi connectivity index (χ4v) is 4.62. The quantitative estimate of drug-likeness (QED) is 0.816. The number of hydrogen-bond acceptors (Lipinski definition) is 4. The second-order valence-corrected chi connectivity index (χ2v) is 7.99. The Morgan fingerprint density at radius 3 is 2.62 bits per heavy atom. The zero-order valence-electron chi connectivity index (χ0n) is 14.9. The van der Waals surface area contributed by atoms with Crippen molar-refractivity contribution in [1.82, 2.24) is 9.80 Å². The Bertz CT molecular complexity index is 745. The number of carbonyl (C=O) groups excluding carboxylic acids is 2. The summed E-state index contributed by atoms with van der Waals surface area (Å²) >= 11 is 0. The number of nitrogens with zero attached hydrogens (tertiary/aromatic N) is 2. The van der Waals surface area contributed by atoms with Crippen LogP contribution in [0.1, 0.15) is 42.5 Å². The summed E-state index contributed by atoms with van der Waals surface area (Å²) in [5.74, 6) is 2.29. The molecule has 2 amide bonds. The van der Waals surface area contributed by atoms with Crippen LogP contribution in [0.15, 0.2) is 18.2 Å². The maximum atomic E-state index is 13.1. The maximum Gasteiger partial charge on any atom is 0.254 e. The van der Waals surface area contributed by atoms with Crippen molar-refractivity contribution in [3.05, 3.63) is 23.8 Å². The third kappa shape index (κ3) is 2.63. The summed E-state index contributed by atoms with van der Waals surface area (Å²) in [5.41, 5.74) is 0.638. The van der Waals surface area contributed by atoms with Gasteiger partial charge in [-0.05, 0) is 49.8 Å². The standard InChI is InChI=1S/C20H24N2O4/c23-19(14-2-1-3-14)21-9-13-4-6-16(11-21)22(10-13)20(24)15-5-7-17-18(8-15)26-12-25-17/h5,7-8,13-14,16H,1-4,6,9-12H2/t13-,16+/m0/s1. The molecule has 1 aliphatic carbocycles. The zero-order chi connectivity index (χ0) is 17.7. The summed E-state index contributed by atoms with van der Waals surface area (Å²) in [5, 5.41) is 0. The van der Waals surface area contributed by atoms with Crippen molar-refractivity contribution in [3.63, 3.8) is 0 Å². The van der Waals surface area contributed by atoms with E-state index in [2.05, 4.69) is 0 Å². The average molecular weight is 356 g/mol. The first-order chi connectivity index (χ1) is 12.7. The van der Waals surface area contributed by atoms with E-state index in [0.717, 1.165) is 38.8 Å². The lowest BCUT2D eigenvalue weighted by Crippen LogP contribution is -2.48. The molecular formula is C20H24N2O4.